The maximum atomic E-state index is 11.6. The Kier molecular flexibility index (Phi) is 4.19. The highest BCUT2D eigenvalue weighted by atomic mass is 16.1. The first kappa shape index (κ1) is 13.6. The van der Waals surface area contributed by atoms with Crippen LogP contribution in [0.15, 0.2) is 6.33 Å². The minimum absolute atomic E-state index is 0.251. The molecule has 1 aliphatic rings. The molecule has 19 heavy (non-hydrogen) atoms. The highest BCUT2D eigenvalue weighted by Gasteiger charge is 2.29. The second-order valence-electron chi connectivity index (χ2n) is 4.74. The zero-order valence-corrected chi connectivity index (χ0v) is 11.5. The van der Waals surface area contributed by atoms with E-state index in [4.69, 9.17) is 5.73 Å². The first-order chi connectivity index (χ1) is 9.19. The Morgan fingerprint density at radius 3 is 2.95 bits per heavy atom. The number of carbonyl (C=O) groups is 1. The van der Waals surface area contributed by atoms with Gasteiger partial charge in [-0.2, -0.15) is 0 Å². The lowest BCUT2D eigenvalue weighted by Gasteiger charge is -2.35. The van der Waals surface area contributed by atoms with E-state index in [-0.39, 0.29) is 11.9 Å². The molecule has 2 rings (SSSR count). The summed E-state index contributed by atoms with van der Waals surface area (Å²) in [6.45, 7) is 2.88. The van der Waals surface area contributed by atoms with Gasteiger partial charge in [-0.3, -0.25) is 4.79 Å². The van der Waals surface area contributed by atoms with Gasteiger partial charge < -0.3 is 16.0 Å². The van der Waals surface area contributed by atoms with Gasteiger partial charge in [-0.25, -0.2) is 9.97 Å². The van der Waals surface area contributed by atoms with Crippen LogP contribution in [0.5, 0.6) is 0 Å². The zero-order chi connectivity index (χ0) is 13.8. The van der Waals surface area contributed by atoms with Gasteiger partial charge >= 0.3 is 0 Å². The lowest BCUT2D eigenvalue weighted by Crippen LogP contribution is -2.48. The van der Waals surface area contributed by atoms with E-state index < -0.39 is 0 Å². The fraction of sp³-hybridized carbons (Fsp3) is 0.615. The summed E-state index contributed by atoms with van der Waals surface area (Å²) in [5.41, 5.74) is 6.56. The molecular formula is C13H21N5O. The molecule has 1 amide bonds. The largest absolute Gasteiger partial charge is 0.373 e. The number of primary amides is 1. The normalized spacial score (nSPS) is 19.3. The van der Waals surface area contributed by atoms with Gasteiger partial charge in [0.1, 0.15) is 24.0 Å². The molecule has 1 atom stereocenters. The SMILES string of the molecule is CCc1c(NC)ncnc1N1CCCCC1C(N)=O. The van der Waals surface area contributed by atoms with Gasteiger partial charge in [0.15, 0.2) is 0 Å². The summed E-state index contributed by atoms with van der Waals surface area (Å²) in [5.74, 6) is 1.39. The molecule has 6 nitrogen and oxygen atoms in total. The Balaban J connectivity index is 2.41. The zero-order valence-electron chi connectivity index (χ0n) is 11.5. The topological polar surface area (TPSA) is 84.1 Å². The van der Waals surface area contributed by atoms with Crippen molar-refractivity contribution in [3.8, 4) is 0 Å². The van der Waals surface area contributed by atoms with Crippen molar-refractivity contribution < 1.29 is 4.79 Å². The second-order valence-corrected chi connectivity index (χ2v) is 4.74. The summed E-state index contributed by atoms with van der Waals surface area (Å²) in [6.07, 6.45) is 5.25. The summed E-state index contributed by atoms with van der Waals surface area (Å²) in [6, 6.07) is -0.251. The van der Waals surface area contributed by atoms with Gasteiger partial charge in [-0.15, -0.1) is 0 Å². The van der Waals surface area contributed by atoms with Gasteiger partial charge in [0, 0.05) is 19.2 Å². The molecular weight excluding hydrogens is 242 g/mol. The summed E-state index contributed by atoms with van der Waals surface area (Å²) < 4.78 is 0. The van der Waals surface area contributed by atoms with E-state index in [1.807, 2.05) is 11.9 Å². The molecule has 1 unspecified atom stereocenters. The summed E-state index contributed by atoms with van der Waals surface area (Å²) in [7, 11) is 1.84. The third-order valence-corrected chi connectivity index (χ3v) is 3.62. The fourth-order valence-corrected chi connectivity index (χ4v) is 2.67. The number of hydrogen-bond acceptors (Lipinski definition) is 5. The first-order valence-electron chi connectivity index (χ1n) is 6.76. The molecule has 1 aromatic heterocycles. The average Bonchev–Trinajstić information content (AvgIpc) is 2.46. The molecule has 0 bridgehead atoms. The van der Waals surface area contributed by atoms with Crippen molar-refractivity contribution in [2.75, 3.05) is 23.8 Å². The lowest BCUT2D eigenvalue weighted by atomic mass is 10.0. The molecule has 0 aromatic carbocycles. The number of nitrogens with zero attached hydrogens (tertiary/aromatic N) is 3. The molecule has 3 N–H and O–H groups in total. The molecule has 0 spiro atoms. The van der Waals surface area contributed by atoms with Crippen LogP contribution in [-0.2, 0) is 11.2 Å². The maximum absolute atomic E-state index is 11.6. The van der Waals surface area contributed by atoms with Crippen molar-refractivity contribution in [2.24, 2.45) is 5.73 Å². The van der Waals surface area contributed by atoms with Crippen molar-refractivity contribution in [1.29, 1.82) is 0 Å². The predicted octanol–water partition coefficient (Wildman–Crippen LogP) is 0.925. The third kappa shape index (κ3) is 2.62. The van der Waals surface area contributed by atoms with E-state index in [0.29, 0.717) is 0 Å². The molecule has 1 saturated heterocycles. The number of nitrogens with one attached hydrogen (secondary N) is 1. The van der Waals surface area contributed by atoms with E-state index in [1.165, 1.54) is 6.33 Å². The van der Waals surface area contributed by atoms with Crippen molar-refractivity contribution >= 4 is 17.5 Å². The van der Waals surface area contributed by atoms with Crippen LogP contribution < -0.4 is 16.0 Å². The Hall–Kier alpha value is -1.85. The minimum Gasteiger partial charge on any atom is -0.373 e. The molecule has 0 radical (unpaired) electrons. The number of anilines is 2. The van der Waals surface area contributed by atoms with E-state index in [9.17, 15) is 4.79 Å². The van der Waals surface area contributed by atoms with Crippen LogP contribution in [0.3, 0.4) is 0 Å². The molecule has 1 aromatic rings. The van der Waals surface area contributed by atoms with Gasteiger partial charge in [-0.05, 0) is 25.7 Å². The number of hydrogen-bond donors (Lipinski definition) is 2. The van der Waals surface area contributed by atoms with Crippen molar-refractivity contribution in [2.45, 2.75) is 38.6 Å². The Labute approximate surface area is 113 Å². The number of aromatic nitrogens is 2. The van der Waals surface area contributed by atoms with Gasteiger partial charge in [0.05, 0.1) is 0 Å². The maximum Gasteiger partial charge on any atom is 0.240 e. The monoisotopic (exact) mass is 263 g/mol. The predicted molar refractivity (Wildman–Crippen MR) is 75.1 cm³/mol. The molecule has 0 saturated carbocycles. The summed E-state index contributed by atoms with van der Waals surface area (Å²) >= 11 is 0. The van der Waals surface area contributed by atoms with Crippen molar-refractivity contribution in [3.05, 3.63) is 11.9 Å². The summed E-state index contributed by atoms with van der Waals surface area (Å²) in [4.78, 5) is 22.3. The second kappa shape index (κ2) is 5.86. The molecule has 1 aliphatic heterocycles. The van der Waals surface area contributed by atoms with Crippen LogP contribution in [0, 0.1) is 0 Å². The molecule has 6 heteroatoms. The Bertz CT molecular complexity index is 462. The van der Waals surface area contributed by atoms with E-state index in [1.54, 1.807) is 0 Å². The standard InChI is InChI=1S/C13H21N5O/c1-3-9-12(15-2)16-8-17-13(9)18-7-5-4-6-10(18)11(14)19/h8,10H,3-7H2,1-2H3,(H2,14,19)(H,15,16,17). The molecule has 104 valence electrons. The minimum atomic E-state index is -0.272. The third-order valence-electron chi connectivity index (χ3n) is 3.62. The number of amides is 1. The number of nitrogens with two attached hydrogens (primary N) is 1. The molecule has 2 heterocycles. The lowest BCUT2D eigenvalue weighted by molar-refractivity contribution is -0.119. The van der Waals surface area contributed by atoms with Gasteiger partial charge in [0.2, 0.25) is 5.91 Å². The first-order valence-corrected chi connectivity index (χ1v) is 6.76. The van der Waals surface area contributed by atoms with Crippen LogP contribution >= 0.6 is 0 Å². The summed E-state index contributed by atoms with van der Waals surface area (Å²) in [5, 5.41) is 3.08. The highest BCUT2D eigenvalue weighted by Crippen LogP contribution is 2.29. The van der Waals surface area contributed by atoms with Crippen molar-refractivity contribution in [3.63, 3.8) is 0 Å². The van der Waals surface area contributed by atoms with Gasteiger partial charge in [0.25, 0.3) is 0 Å². The Morgan fingerprint density at radius 1 is 1.53 bits per heavy atom. The van der Waals surface area contributed by atoms with Crippen LogP contribution in [-0.4, -0.2) is 35.5 Å². The van der Waals surface area contributed by atoms with Crippen molar-refractivity contribution in [1.82, 2.24) is 9.97 Å². The number of rotatable bonds is 4. The van der Waals surface area contributed by atoms with Crippen LogP contribution in [0.4, 0.5) is 11.6 Å². The van der Waals surface area contributed by atoms with Crippen LogP contribution in [0.25, 0.3) is 0 Å². The smallest absolute Gasteiger partial charge is 0.240 e. The number of piperidine rings is 1. The average molecular weight is 263 g/mol. The highest BCUT2D eigenvalue weighted by molar-refractivity contribution is 5.84. The van der Waals surface area contributed by atoms with Gasteiger partial charge in [-0.1, -0.05) is 6.92 Å². The molecule has 1 fully saturated rings. The van der Waals surface area contributed by atoms with Crippen LogP contribution in [0.1, 0.15) is 31.7 Å². The number of carbonyl (C=O) groups excluding carboxylic acids is 1. The Morgan fingerprint density at radius 2 is 2.32 bits per heavy atom. The molecule has 0 aliphatic carbocycles. The quantitative estimate of drug-likeness (QED) is 0.844. The van der Waals surface area contributed by atoms with E-state index >= 15 is 0 Å². The van der Waals surface area contributed by atoms with Crippen LogP contribution in [0.2, 0.25) is 0 Å². The fourth-order valence-electron chi connectivity index (χ4n) is 2.67. The van der Waals surface area contributed by atoms with E-state index in [2.05, 4.69) is 22.2 Å². The van der Waals surface area contributed by atoms with E-state index in [0.717, 1.165) is 49.4 Å².